The van der Waals surface area contributed by atoms with E-state index in [1.807, 2.05) is 23.6 Å². The van der Waals surface area contributed by atoms with Crippen LogP contribution in [-0.4, -0.2) is 71.7 Å². The van der Waals surface area contributed by atoms with E-state index in [1.165, 1.54) is 0 Å². The standard InChI is InChI=1S/C16H28N2O4/c1-10(2)13-7-17(8-14(13)16(20)21)9-15(19)18-5-11(3)22-12(4)6-18/h10-14H,5-9H2,1-4H3,(H,20,21)/t11-,12+,13-,14+/m0/s1. The van der Waals surface area contributed by atoms with Crippen LogP contribution in [0.5, 0.6) is 0 Å². The molecule has 2 rings (SSSR count). The van der Waals surface area contributed by atoms with E-state index in [2.05, 4.69) is 13.8 Å². The van der Waals surface area contributed by atoms with Crippen LogP contribution in [0.4, 0.5) is 0 Å². The highest BCUT2D eigenvalue weighted by Gasteiger charge is 2.40. The summed E-state index contributed by atoms with van der Waals surface area (Å²) in [6.45, 7) is 10.8. The minimum atomic E-state index is -0.748. The molecular formula is C16H28N2O4. The highest BCUT2D eigenvalue weighted by atomic mass is 16.5. The first-order valence-electron chi connectivity index (χ1n) is 8.16. The number of rotatable bonds is 4. The fourth-order valence-corrected chi connectivity index (χ4v) is 3.65. The van der Waals surface area contributed by atoms with E-state index in [0.717, 1.165) is 0 Å². The van der Waals surface area contributed by atoms with Gasteiger partial charge in [0, 0.05) is 26.2 Å². The maximum absolute atomic E-state index is 12.5. The highest BCUT2D eigenvalue weighted by molar-refractivity contribution is 5.79. The van der Waals surface area contributed by atoms with Gasteiger partial charge in [0.1, 0.15) is 0 Å². The van der Waals surface area contributed by atoms with Gasteiger partial charge in [0.15, 0.2) is 0 Å². The van der Waals surface area contributed by atoms with Crippen LogP contribution in [0, 0.1) is 17.8 Å². The zero-order valence-electron chi connectivity index (χ0n) is 14.0. The predicted octanol–water partition coefficient (Wildman–Crippen LogP) is 0.911. The summed E-state index contributed by atoms with van der Waals surface area (Å²) < 4.78 is 5.65. The molecule has 0 aliphatic carbocycles. The van der Waals surface area contributed by atoms with E-state index in [9.17, 15) is 14.7 Å². The molecule has 0 aromatic rings. The van der Waals surface area contributed by atoms with Crippen molar-refractivity contribution in [3.05, 3.63) is 0 Å². The molecule has 2 heterocycles. The Hall–Kier alpha value is -1.14. The van der Waals surface area contributed by atoms with Gasteiger partial charge in [0.25, 0.3) is 0 Å². The Morgan fingerprint density at radius 3 is 2.18 bits per heavy atom. The summed E-state index contributed by atoms with van der Waals surface area (Å²) in [5, 5.41) is 9.36. The molecule has 2 aliphatic rings. The Balaban J connectivity index is 1.93. The van der Waals surface area contributed by atoms with Crippen LogP contribution >= 0.6 is 0 Å². The molecule has 1 N–H and O–H groups in total. The molecule has 0 radical (unpaired) electrons. The SMILES string of the molecule is CC(C)[C@@H]1CN(CC(=O)N2C[C@@H](C)O[C@@H](C)C2)C[C@H]1C(=O)O. The summed E-state index contributed by atoms with van der Waals surface area (Å²) >= 11 is 0. The van der Waals surface area contributed by atoms with E-state index >= 15 is 0 Å². The molecule has 126 valence electrons. The summed E-state index contributed by atoms with van der Waals surface area (Å²) in [5.41, 5.74) is 0. The van der Waals surface area contributed by atoms with Crippen molar-refractivity contribution in [2.24, 2.45) is 17.8 Å². The van der Waals surface area contributed by atoms with Gasteiger partial charge in [0.05, 0.1) is 24.7 Å². The largest absolute Gasteiger partial charge is 0.481 e. The molecule has 4 atom stereocenters. The zero-order valence-corrected chi connectivity index (χ0v) is 14.0. The average Bonchev–Trinajstić information content (AvgIpc) is 2.81. The van der Waals surface area contributed by atoms with Crippen molar-refractivity contribution in [1.29, 1.82) is 0 Å². The van der Waals surface area contributed by atoms with Crippen LogP contribution in [0.3, 0.4) is 0 Å². The second-order valence-electron chi connectivity index (χ2n) is 7.10. The summed E-state index contributed by atoms with van der Waals surface area (Å²) in [6.07, 6.45) is 0.114. The van der Waals surface area contributed by atoms with Gasteiger partial charge >= 0.3 is 5.97 Å². The number of carboxylic acids is 1. The predicted molar refractivity (Wildman–Crippen MR) is 82.5 cm³/mol. The number of likely N-dealkylation sites (tertiary alicyclic amines) is 1. The van der Waals surface area contributed by atoms with Crippen molar-refractivity contribution in [1.82, 2.24) is 9.80 Å². The molecule has 6 nitrogen and oxygen atoms in total. The number of carbonyl (C=O) groups is 2. The molecule has 2 aliphatic heterocycles. The van der Waals surface area contributed by atoms with E-state index in [1.54, 1.807) is 0 Å². The highest BCUT2D eigenvalue weighted by Crippen LogP contribution is 2.29. The maximum atomic E-state index is 12.5. The third-order valence-electron chi connectivity index (χ3n) is 4.75. The van der Waals surface area contributed by atoms with Crippen LogP contribution in [0.25, 0.3) is 0 Å². The van der Waals surface area contributed by atoms with E-state index < -0.39 is 5.97 Å². The Morgan fingerprint density at radius 2 is 1.73 bits per heavy atom. The van der Waals surface area contributed by atoms with Gasteiger partial charge in [-0.15, -0.1) is 0 Å². The fraction of sp³-hybridized carbons (Fsp3) is 0.875. The Morgan fingerprint density at radius 1 is 1.14 bits per heavy atom. The van der Waals surface area contributed by atoms with E-state index in [0.29, 0.717) is 38.6 Å². The third-order valence-corrected chi connectivity index (χ3v) is 4.75. The van der Waals surface area contributed by atoms with Gasteiger partial charge in [-0.05, 0) is 25.7 Å². The summed E-state index contributed by atoms with van der Waals surface area (Å²) in [7, 11) is 0. The smallest absolute Gasteiger partial charge is 0.308 e. The fourth-order valence-electron chi connectivity index (χ4n) is 3.65. The number of aliphatic carboxylic acids is 1. The Kier molecular flexibility index (Phi) is 5.45. The second kappa shape index (κ2) is 6.96. The third kappa shape index (κ3) is 3.98. The molecule has 22 heavy (non-hydrogen) atoms. The van der Waals surface area contributed by atoms with Gasteiger partial charge in [-0.25, -0.2) is 0 Å². The molecule has 0 unspecified atom stereocenters. The molecule has 1 amide bonds. The molecular weight excluding hydrogens is 284 g/mol. The number of ether oxygens (including phenoxy) is 1. The van der Waals surface area contributed by atoms with Crippen molar-refractivity contribution >= 4 is 11.9 Å². The summed E-state index contributed by atoms with van der Waals surface area (Å²) in [6, 6.07) is 0. The number of nitrogens with zero attached hydrogens (tertiary/aromatic N) is 2. The van der Waals surface area contributed by atoms with Crippen molar-refractivity contribution < 1.29 is 19.4 Å². The second-order valence-corrected chi connectivity index (χ2v) is 7.10. The normalized spacial score (nSPS) is 33.4. The van der Waals surface area contributed by atoms with E-state index in [-0.39, 0.29) is 30.0 Å². The average molecular weight is 312 g/mol. The summed E-state index contributed by atoms with van der Waals surface area (Å²) in [4.78, 5) is 27.7. The number of amides is 1. The number of morpholine rings is 1. The quantitative estimate of drug-likeness (QED) is 0.835. The van der Waals surface area contributed by atoms with Gasteiger partial charge in [-0.1, -0.05) is 13.8 Å². The molecule has 0 aromatic heterocycles. The zero-order chi connectivity index (χ0) is 16.4. The molecule has 0 bridgehead atoms. The van der Waals surface area contributed by atoms with Crippen molar-refractivity contribution in [2.75, 3.05) is 32.7 Å². The lowest BCUT2D eigenvalue weighted by Gasteiger charge is -2.36. The van der Waals surface area contributed by atoms with Gasteiger partial charge in [-0.3, -0.25) is 14.5 Å². The number of hydrogen-bond acceptors (Lipinski definition) is 4. The number of hydrogen-bond donors (Lipinski definition) is 1. The first-order chi connectivity index (χ1) is 10.3. The monoisotopic (exact) mass is 312 g/mol. The van der Waals surface area contributed by atoms with Crippen molar-refractivity contribution in [2.45, 2.75) is 39.9 Å². The van der Waals surface area contributed by atoms with Gasteiger partial charge in [-0.2, -0.15) is 0 Å². The van der Waals surface area contributed by atoms with Crippen LogP contribution in [0.15, 0.2) is 0 Å². The Labute approximate surface area is 132 Å². The van der Waals surface area contributed by atoms with Crippen LogP contribution in [-0.2, 0) is 14.3 Å². The van der Waals surface area contributed by atoms with Crippen molar-refractivity contribution in [3.8, 4) is 0 Å². The lowest BCUT2D eigenvalue weighted by Crippen LogP contribution is -2.50. The topological polar surface area (TPSA) is 70.1 Å². The molecule has 2 fully saturated rings. The van der Waals surface area contributed by atoms with Crippen LogP contribution in [0.2, 0.25) is 0 Å². The molecule has 6 heteroatoms. The maximum Gasteiger partial charge on any atom is 0.308 e. The number of carboxylic acid groups (broad SMARTS) is 1. The van der Waals surface area contributed by atoms with Crippen LogP contribution in [0.1, 0.15) is 27.7 Å². The Bertz CT molecular complexity index is 416. The lowest BCUT2D eigenvalue weighted by molar-refractivity contribution is -0.145. The molecule has 2 saturated heterocycles. The minimum Gasteiger partial charge on any atom is -0.481 e. The molecule has 0 aromatic carbocycles. The number of carbonyl (C=O) groups excluding carboxylic acids is 1. The molecule has 0 spiro atoms. The summed E-state index contributed by atoms with van der Waals surface area (Å²) in [5.74, 6) is -0.606. The van der Waals surface area contributed by atoms with Gasteiger partial charge < -0.3 is 14.7 Å². The van der Waals surface area contributed by atoms with E-state index in [4.69, 9.17) is 4.74 Å². The molecule has 0 saturated carbocycles. The lowest BCUT2D eigenvalue weighted by atomic mass is 9.86. The first kappa shape index (κ1) is 17.2. The van der Waals surface area contributed by atoms with Crippen LogP contribution < -0.4 is 0 Å². The minimum absolute atomic E-state index is 0.0569. The van der Waals surface area contributed by atoms with Crippen molar-refractivity contribution in [3.63, 3.8) is 0 Å². The van der Waals surface area contributed by atoms with Gasteiger partial charge in [0.2, 0.25) is 5.91 Å². The first-order valence-corrected chi connectivity index (χ1v) is 8.16.